The summed E-state index contributed by atoms with van der Waals surface area (Å²) in [5.41, 5.74) is 7.21. The van der Waals surface area contributed by atoms with Gasteiger partial charge < -0.3 is 10.6 Å². The van der Waals surface area contributed by atoms with Crippen molar-refractivity contribution in [3.05, 3.63) is 29.6 Å². The third kappa shape index (κ3) is 3.04. The first-order chi connectivity index (χ1) is 8.68. The molecular weight excluding hydrogens is 246 g/mol. The van der Waals surface area contributed by atoms with E-state index in [0.29, 0.717) is 18.7 Å². The van der Waals surface area contributed by atoms with Crippen molar-refractivity contribution in [1.29, 1.82) is 0 Å². The maximum Gasteiger partial charge on any atom is 0.222 e. The Labute approximate surface area is 112 Å². The third-order valence-electron chi connectivity index (χ3n) is 3.16. The second-order valence-corrected chi connectivity index (χ2v) is 4.94. The van der Waals surface area contributed by atoms with Crippen LogP contribution in [-0.2, 0) is 11.3 Å². The van der Waals surface area contributed by atoms with Gasteiger partial charge in [0.2, 0.25) is 5.91 Å². The van der Waals surface area contributed by atoms with Gasteiger partial charge in [0.1, 0.15) is 10.7 Å². The molecule has 0 atom stereocenters. The maximum atomic E-state index is 11.9. The van der Waals surface area contributed by atoms with Crippen molar-refractivity contribution < 1.29 is 4.79 Å². The topological polar surface area (TPSA) is 59.2 Å². The van der Waals surface area contributed by atoms with Crippen molar-refractivity contribution in [3.63, 3.8) is 0 Å². The lowest BCUT2D eigenvalue weighted by Gasteiger charge is -2.21. The molecule has 5 heteroatoms. The number of aromatic nitrogens is 1. The average molecular weight is 263 g/mol. The van der Waals surface area contributed by atoms with Crippen LogP contribution in [0.25, 0.3) is 0 Å². The van der Waals surface area contributed by atoms with E-state index in [-0.39, 0.29) is 10.9 Å². The second kappa shape index (κ2) is 5.91. The van der Waals surface area contributed by atoms with Gasteiger partial charge in [0.25, 0.3) is 0 Å². The quantitative estimate of drug-likeness (QED) is 0.842. The number of carbonyl (C=O) groups excluding carboxylic acids is 1. The van der Waals surface area contributed by atoms with Crippen LogP contribution in [0.4, 0.5) is 0 Å². The largest absolute Gasteiger partial charge is 0.388 e. The summed E-state index contributed by atoms with van der Waals surface area (Å²) in [6, 6.07) is 3.78. The molecule has 2 N–H and O–H groups in total. The van der Waals surface area contributed by atoms with E-state index in [4.69, 9.17) is 18.0 Å². The molecule has 4 nitrogen and oxygen atoms in total. The molecule has 1 saturated heterocycles. The molecule has 0 unspecified atom stereocenters. The van der Waals surface area contributed by atoms with E-state index in [1.807, 2.05) is 17.0 Å². The Balaban J connectivity index is 2.17. The van der Waals surface area contributed by atoms with Crippen LogP contribution in [0.2, 0.25) is 0 Å². The van der Waals surface area contributed by atoms with E-state index < -0.39 is 0 Å². The molecule has 2 rings (SSSR count). The van der Waals surface area contributed by atoms with E-state index in [2.05, 4.69) is 4.98 Å². The number of nitrogens with zero attached hydrogens (tertiary/aromatic N) is 2. The molecule has 0 aliphatic carbocycles. The Bertz CT molecular complexity index is 461. The van der Waals surface area contributed by atoms with Crippen LogP contribution in [-0.4, -0.2) is 27.3 Å². The van der Waals surface area contributed by atoms with E-state index in [1.165, 1.54) is 0 Å². The van der Waals surface area contributed by atoms with Crippen molar-refractivity contribution >= 4 is 23.1 Å². The molecule has 1 amide bonds. The van der Waals surface area contributed by atoms with E-state index in [1.54, 1.807) is 6.20 Å². The lowest BCUT2D eigenvalue weighted by atomic mass is 10.1. The number of nitrogens with two attached hydrogens (primary N) is 1. The van der Waals surface area contributed by atoms with Crippen molar-refractivity contribution in [1.82, 2.24) is 9.88 Å². The summed E-state index contributed by atoms with van der Waals surface area (Å²) >= 11 is 4.99. The van der Waals surface area contributed by atoms with Crippen molar-refractivity contribution in [2.24, 2.45) is 5.73 Å². The van der Waals surface area contributed by atoms with Crippen LogP contribution in [0, 0.1) is 0 Å². The zero-order valence-electron chi connectivity index (χ0n) is 10.3. The number of hydrogen-bond donors (Lipinski definition) is 1. The van der Waals surface area contributed by atoms with E-state index >= 15 is 0 Å². The third-order valence-corrected chi connectivity index (χ3v) is 3.35. The van der Waals surface area contributed by atoms with Crippen LogP contribution in [0.15, 0.2) is 18.3 Å². The molecule has 96 valence electrons. The number of carbonyl (C=O) groups is 1. The van der Waals surface area contributed by atoms with Gasteiger partial charge in [-0.2, -0.15) is 0 Å². The zero-order chi connectivity index (χ0) is 13.0. The van der Waals surface area contributed by atoms with E-state index in [0.717, 1.165) is 31.4 Å². The molecule has 0 spiro atoms. The standard InChI is InChI=1S/C13H17N3OS/c14-13(18)12-10(5-4-7-15-12)9-16-8-3-1-2-6-11(16)17/h4-5,7H,1-3,6,8-9H2,(H2,14,18). The summed E-state index contributed by atoms with van der Waals surface area (Å²) < 4.78 is 0. The van der Waals surface area contributed by atoms with Gasteiger partial charge in [-0.3, -0.25) is 9.78 Å². The van der Waals surface area contributed by atoms with Gasteiger partial charge >= 0.3 is 0 Å². The normalized spacial score (nSPS) is 16.4. The van der Waals surface area contributed by atoms with Crippen LogP contribution in [0.3, 0.4) is 0 Å². The Hall–Kier alpha value is -1.49. The van der Waals surface area contributed by atoms with Crippen molar-refractivity contribution in [3.8, 4) is 0 Å². The minimum absolute atomic E-state index is 0.213. The first-order valence-corrected chi connectivity index (χ1v) is 6.61. The van der Waals surface area contributed by atoms with Gasteiger partial charge in [0.05, 0.1) is 0 Å². The SMILES string of the molecule is NC(=S)c1ncccc1CN1CCCCCC1=O. The predicted octanol–water partition coefficient (Wildman–Crippen LogP) is 1.62. The van der Waals surface area contributed by atoms with Gasteiger partial charge in [0.15, 0.2) is 0 Å². The highest BCUT2D eigenvalue weighted by atomic mass is 32.1. The molecular formula is C13H17N3OS. The molecule has 1 aliphatic heterocycles. The molecule has 1 fully saturated rings. The molecule has 0 radical (unpaired) electrons. The van der Waals surface area contributed by atoms with Gasteiger partial charge in [-0.25, -0.2) is 0 Å². The van der Waals surface area contributed by atoms with Crippen molar-refractivity contribution in [2.45, 2.75) is 32.2 Å². The van der Waals surface area contributed by atoms with Gasteiger partial charge in [0, 0.05) is 31.3 Å². The first-order valence-electron chi connectivity index (χ1n) is 6.20. The van der Waals surface area contributed by atoms with Crippen LogP contribution in [0.1, 0.15) is 36.9 Å². The van der Waals surface area contributed by atoms with Crippen molar-refractivity contribution in [2.75, 3.05) is 6.54 Å². The summed E-state index contributed by atoms with van der Waals surface area (Å²) in [5, 5.41) is 0. The summed E-state index contributed by atoms with van der Waals surface area (Å²) in [5.74, 6) is 0.213. The number of rotatable bonds is 3. The monoisotopic (exact) mass is 263 g/mol. The lowest BCUT2D eigenvalue weighted by molar-refractivity contribution is -0.131. The fourth-order valence-corrected chi connectivity index (χ4v) is 2.38. The Kier molecular flexibility index (Phi) is 4.25. The minimum atomic E-state index is 0.213. The van der Waals surface area contributed by atoms with Crippen LogP contribution < -0.4 is 5.73 Å². The van der Waals surface area contributed by atoms with E-state index in [9.17, 15) is 4.79 Å². The summed E-state index contributed by atoms with van der Waals surface area (Å²) in [6.07, 6.45) is 5.49. The number of pyridine rings is 1. The average Bonchev–Trinajstić information content (AvgIpc) is 2.55. The second-order valence-electron chi connectivity index (χ2n) is 4.50. The van der Waals surface area contributed by atoms with Crippen LogP contribution in [0.5, 0.6) is 0 Å². The number of thiocarbonyl (C=S) groups is 1. The highest BCUT2D eigenvalue weighted by Crippen LogP contribution is 2.16. The number of hydrogen-bond acceptors (Lipinski definition) is 3. The fraction of sp³-hybridized carbons (Fsp3) is 0.462. The molecule has 0 saturated carbocycles. The molecule has 0 aromatic carbocycles. The summed E-state index contributed by atoms with van der Waals surface area (Å²) in [6.45, 7) is 1.36. The van der Waals surface area contributed by atoms with Gasteiger partial charge in [-0.1, -0.05) is 24.7 Å². The summed E-state index contributed by atoms with van der Waals surface area (Å²) in [4.78, 5) is 18.3. The molecule has 0 bridgehead atoms. The minimum Gasteiger partial charge on any atom is -0.388 e. The van der Waals surface area contributed by atoms with Gasteiger partial charge in [-0.15, -0.1) is 0 Å². The highest BCUT2D eigenvalue weighted by molar-refractivity contribution is 7.80. The Morgan fingerprint density at radius 1 is 1.44 bits per heavy atom. The lowest BCUT2D eigenvalue weighted by Crippen LogP contribution is -2.31. The predicted molar refractivity (Wildman–Crippen MR) is 74.0 cm³/mol. The molecule has 2 heterocycles. The first kappa shape index (κ1) is 13.0. The number of likely N-dealkylation sites (tertiary alicyclic amines) is 1. The highest BCUT2D eigenvalue weighted by Gasteiger charge is 2.18. The fourth-order valence-electron chi connectivity index (χ4n) is 2.20. The molecule has 18 heavy (non-hydrogen) atoms. The smallest absolute Gasteiger partial charge is 0.222 e. The Morgan fingerprint density at radius 3 is 3.06 bits per heavy atom. The molecule has 1 aliphatic rings. The maximum absolute atomic E-state index is 11.9. The zero-order valence-corrected chi connectivity index (χ0v) is 11.1. The number of amides is 1. The molecule has 1 aromatic rings. The Morgan fingerprint density at radius 2 is 2.28 bits per heavy atom. The summed E-state index contributed by atoms with van der Waals surface area (Å²) in [7, 11) is 0. The van der Waals surface area contributed by atoms with Gasteiger partial charge in [-0.05, 0) is 18.9 Å². The molecule has 1 aromatic heterocycles. The van der Waals surface area contributed by atoms with Crippen LogP contribution >= 0.6 is 12.2 Å².